The molecule has 0 spiro atoms. The van der Waals surface area contributed by atoms with Gasteiger partial charge in [-0.2, -0.15) is 0 Å². The summed E-state index contributed by atoms with van der Waals surface area (Å²) < 4.78 is 0. The van der Waals surface area contributed by atoms with Crippen LogP contribution in [0.1, 0.15) is 10.4 Å². The van der Waals surface area contributed by atoms with Crippen LogP contribution in [0.2, 0.25) is 5.02 Å². The zero-order chi connectivity index (χ0) is 15.4. The first-order valence-electron chi connectivity index (χ1n) is 6.78. The van der Waals surface area contributed by atoms with Crippen molar-refractivity contribution in [3.05, 3.63) is 28.8 Å². The van der Waals surface area contributed by atoms with Gasteiger partial charge < -0.3 is 16.0 Å². The number of hydrogen-bond donors (Lipinski definition) is 2. The molecule has 1 aromatic carbocycles. The van der Waals surface area contributed by atoms with Crippen LogP contribution < -0.4 is 11.1 Å². The molecule has 0 atom stereocenters. The summed E-state index contributed by atoms with van der Waals surface area (Å²) in [4.78, 5) is 27.5. The summed E-state index contributed by atoms with van der Waals surface area (Å²) in [7, 11) is 1.62. The van der Waals surface area contributed by atoms with E-state index < -0.39 is 0 Å². The van der Waals surface area contributed by atoms with Crippen molar-refractivity contribution in [1.82, 2.24) is 15.1 Å². The Labute approximate surface area is 128 Å². The number of carbonyl (C=O) groups excluding carboxylic acids is 2. The summed E-state index contributed by atoms with van der Waals surface area (Å²) in [5.41, 5.74) is 6.70. The lowest BCUT2D eigenvalue weighted by Gasteiger charge is -2.34. The van der Waals surface area contributed by atoms with E-state index in [2.05, 4.69) is 5.32 Å². The van der Waals surface area contributed by atoms with Crippen molar-refractivity contribution < 1.29 is 9.59 Å². The number of nitrogens with two attached hydrogens (primary N) is 1. The summed E-state index contributed by atoms with van der Waals surface area (Å²) in [5, 5.41) is 3.08. The third-order valence-electron chi connectivity index (χ3n) is 3.55. The van der Waals surface area contributed by atoms with Gasteiger partial charge in [0.2, 0.25) is 5.91 Å². The van der Waals surface area contributed by atoms with Gasteiger partial charge in [0, 0.05) is 43.9 Å². The molecule has 1 fully saturated rings. The first-order chi connectivity index (χ1) is 10.0. The van der Waals surface area contributed by atoms with Crippen molar-refractivity contribution in [2.75, 3.05) is 45.5 Å². The van der Waals surface area contributed by atoms with Gasteiger partial charge >= 0.3 is 0 Å². The highest BCUT2D eigenvalue weighted by atomic mass is 35.5. The molecule has 0 aromatic heterocycles. The van der Waals surface area contributed by atoms with Gasteiger partial charge in [0.15, 0.2) is 0 Å². The van der Waals surface area contributed by atoms with Crippen LogP contribution in [0.4, 0.5) is 5.69 Å². The maximum atomic E-state index is 12.4. The average Bonchev–Trinajstić information content (AvgIpc) is 2.49. The molecule has 6 nitrogen and oxygen atoms in total. The van der Waals surface area contributed by atoms with Gasteiger partial charge in [-0.1, -0.05) is 11.6 Å². The number of benzene rings is 1. The second-order valence-corrected chi connectivity index (χ2v) is 5.41. The van der Waals surface area contributed by atoms with Crippen LogP contribution in [0.3, 0.4) is 0 Å². The summed E-state index contributed by atoms with van der Waals surface area (Å²) in [5.74, 6) is -0.136. The highest BCUT2D eigenvalue weighted by Gasteiger charge is 2.24. The Balaban J connectivity index is 1.97. The fraction of sp³-hybridized carbons (Fsp3) is 0.429. The molecule has 3 N–H and O–H groups in total. The number of hydrogen-bond acceptors (Lipinski definition) is 4. The van der Waals surface area contributed by atoms with Crippen LogP contribution >= 0.6 is 11.6 Å². The van der Waals surface area contributed by atoms with Crippen LogP contribution in [0.5, 0.6) is 0 Å². The van der Waals surface area contributed by atoms with Crippen molar-refractivity contribution in [1.29, 1.82) is 0 Å². The van der Waals surface area contributed by atoms with E-state index in [9.17, 15) is 9.59 Å². The fourth-order valence-electron chi connectivity index (χ4n) is 2.28. The highest BCUT2D eigenvalue weighted by Crippen LogP contribution is 2.20. The predicted molar refractivity (Wildman–Crippen MR) is 82.3 cm³/mol. The van der Waals surface area contributed by atoms with E-state index in [-0.39, 0.29) is 11.8 Å². The molecule has 2 amide bonds. The zero-order valence-corrected chi connectivity index (χ0v) is 12.7. The molecular weight excluding hydrogens is 292 g/mol. The van der Waals surface area contributed by atoms with Gasteiger partial charge in [0.05, 0.1) is 12.1 Å². The molecule has 114 valence electrons. The van der Waals surface area contributed by atoms with Gasteiger partial charge in [-0.25, -0.2) is 0 Å². The summed E-state index contributed by atoms with van der Waals surface area (Å²) >= 11 is 5.92. The van der Waals surface area contributed by atoms with Gasteiger partial charge in [0.1, 0.15) is 0 Å². The molecule has 0 saturated carbocycles. The molecule has 1 saturated heterocycles. The Morgan fingerprint density at radius 2 is 1.95 bits per heavy atom. The Morgan fingerprint density at radius 1 is 1.29 bits per heavy atom. The maximum Gasteiger partial charge on any atom is 0.256 e. The van der Waals surface area contributed by atoms with Crippen molar-refractivity contribution in [3.63, 3.8) is 0 Å². The van der Waals surface area contributed by atoms with E-state index in [1.54, 1.807) is 30.1 Å². The predicted octanol–water partition coefficient (Wildman–Crippen LogP) is 0.426. The largest absolute Gasteiger partial charge is 0.398 e. The number of piperazine rings is 1. The molecule has 0 aliphatic carbocycles. The normalized spacial score (nSPS) is 15.8. The zero-order valence-electron chi connectivity index (χ0n) is 11.9. The lowest BCUT2D eigenvalue weighted by molar-refractivity contribution is -0.122. The number of nitrogens with zero attached hydrogens (tertiary/aromatic N) is 2. The van der Waals surface area contributed by atoms with E-state index in [4.69, 9.17) is 17.3 Å². The van der Waals surface area contributed by atoms with Crippen LogP contribution in [0, 0.1) is 0 Å². The quantitative estimate of drug-likeness (QED) is 0.793. The first kappa shape index (κ1) is 15.6. The van der Waals surface area contributed by atoms with Crippen LogP contribution in [-0.2, 0) is 4.79 Å². The van der Waals surface area contributed by atoms with Gasteiger partial charge in [0.25, 0.3) is 5.91 Å². The smallest absolute Gasteiger partial charge is 0.256 e. The molecular formula is C14H19ClN4O2. The Morgan fingerprint density at radius 3 is 2.57 bits per heavy atom. The minimum atomic E-state index is -0.116. The molecule has 21 heavy (non-hydrogen) atoms. The Hall–Kier alpha value is -1.79. The molecule has 1 aliphatic rings. The molecule has 0 radical (unpaired) electrons. The molecule has 1 heterocycles. The van der Waals surface area contributed by atoms with E-state index in [1.807, 2.05) is 4.90 Å². The molecule has 1 aromatic rings. The van der Waals surface area contributed by atoms with Crippen molar-refractivity contribution >= 4 is 29.1 Å². The monoisotopic (exact) mass is 310 g/mol. The maximum absolute atomic E-state index is 12.4. The molecule has 1 aliphatic heterocycles. The number of halogens is 1. The number of rotatable bonds is 3. The standard InChI is InChI=1S/C14H19ClN4O2/c1-17-13(20)9-18-4-6-19(7-5-18)14(21)11-8-10(15)2-3-12(11)16/h2-3,8H,4-7,9,16H2,1H3,(H,17,20). The number of nitrogens with one attached hydrogen (secondary N) is 1. The second-order valence-electron chi connectivity index (χ2n) is 4.97. The van der Waals surface area contributed by atoms with E-state index in [0.717, 1.165) is 0 Å². The van der Waals surface area contributed by atoms with Gasteiger partial charge in [-0.05, 0) is 18.2 Å². The fourth-order valence-corrected chi connectivity index (χ4v) is 2.45. The topological polar surface area (TPSA) is 78.7 Å². The lowest BCUT2D eigenvalue weighted by Crippen LogP contribution is -2.51. The minimum Gasteiger partial charge on any atom is -0.398 e. The number of nitrogen functional groups attached to an aromatic ring is 1. The van der Waals surface area contributed by atoms with Crippen molar-refractivity contribution in [3.8, 4) is 0 Å². The third kappa shape index (κ3) is 3.86. The van der Waals surface area contributed by atoms with Crippen molar-refractivity contribution in [2.24, 2.45) is 0 Å². The van der Waals surface area contributed by atoms with Crippen molar-refractivity contribution in [2.45, 2.75) is 0 Å². The van der Waals surface area contributed by atoms with Crippen LogP contribution in [0.25, 0.3) is 0 Å². The molecule has 0 bridgehead atoms. The number of anilines is 1. The number of amides is 2. The minimum absolute atomic E-state index is 0.0196. The van der Waals surface area contributed by atoms with Crippen LogP contribution in [0.15, 0.2) is 18.2 Å². The number of likely N-dealkylation sites (N-methyl/N-ethyl adjacent to an activating group) is 1. The van der Waals surface area contributed by atoms with E-state index in [1.165, 1.54) is 0 Å². The highest BCUT2D eigenvalue weighted by molar-refractivity contribution is 6.31. The summed E-state index contributed by atoms with van der Waals surface area (Å²) in [6.07, 6.45) is 0. The lowest BCUT2D eigenvalue weighted by atomic mass is 10.1. The number of carbonyl (C=O) groups is 2. The van der Waals surface area contributed by atoms with Gasteiger partial charge in [-0.3, -0.25) is 14.5 Å². The van der Waals surface area contributed by atoms with Gasteiger partial charge in [-0.15, -0.1) is 0 Å². The average molecular weight is 311 g/mol. The summed E-state index contributed by atoms with van der Waals surface area (Å²) in [6, 6.07) is 4.89. The van der Waals surface area contributed by atoms with E-state index in [0.29, 0.717) is 49.0 Å². The molecule has 0 unspecified atom stereocenters. The Kier molecular flexibility index (Phi) is 5.03. The third-order valence-corrected chi connectivity index (χ3v) is 3.79. The second kappa shape index (κ2) is 6.78. The first-order valence-corrected chi connectivity index (χ1v) is 7.16. The molecule has 7 heteroatoms. The SMILES string of the molecule is CNC(=O)CN1CCN(C(=O)c2cc(Cl)ccc2N)CC1. The summed E-state index contributed by atoms with van der Waals surface area (Å²) in [6.45, 7) is 2.83. The van der Waals surface area contributed by atoms with E-state index >= 15 is 0 Å². The Bertz CT molecular complexity index is 542. The molecule has 2 rings (SSSR count). The van der Waals surface area contributed by atoms with Crippen LogP contribution in [-0.4, -0.2) is 61.4 Å².